The van der Waals surface area contributed by atoms with Gasteiger partial charge in [0.25, 0.3) is 5.69 Å². The van der Waals surface area contributed by atoms with E-state index in [1.54, 1.807) is 6.07 Å². The van der Waals surface area contributed by atoms with Crippen molar-refractivity contribution in [1.29, 1.82) is 5.26 Å². The van der Waals surface area contributed by atoms with Crippen molar-refractivity contribution < 1.29 is 13.3 Å². The maximum absolute atomic E-state index is 11.7. The number of nitro groups is 1. The van der Waals surface area contributed by atoms with Gasteiger partial charge in [-0.25, -0.2) is 13.1 Å². The molecule has 0 saturated heterocycles. The Morgan fingerprint density at radius 3 is 2.67 bits per heavy atom. The van der Waals surface area contributed by atoms with Gasteiger partial charge in [0.15, 0.2) is 0 Å². The van der Waals surface area contributed by atoms with Crippen molar-refractivity contribution in [2.24, 2.45) is 0 Å². The number of benzene rings is 1. The molecule has 0 aliphatic carbocycles. The van der Waals surface area contributed by atoms with Crippen molar-refractivity contribution in [3.63, 3.8) is 0 Å². The minimum Gasteiger partial charge on any atom is -0.258 e. The van der Waals surface area contributed by atoms with Gasteiger partial charge in [0.2, 0.25) is 10.0 Å². The summed E-state index contributed by atoms with van der Waals surface area (Å²) in [6.07, 6.45) is 0.0177. The van der Waals surface area contributed by atoms with E-state index in [0.717, 1.165) is 18.2 Å². The standard InChI is InChI=1S/C9H8ClN3O4S/c10-8-6-7(13(14)15)2-3-9(8)18(16,17)12-5-1-4-11/h2-3,6,12H,1,5H2. The Morgan fingerprint density at radius 2 is 2.17 bits per heavy atom. The molecule has 0 saturated carbocycles. The van der Waals surface area contributed by atoms with E-state index in [1.165, 1.54) is 0 Å². The second-order valence-electron chi connectivity index (χ2n) is 3.18. The van der Waals surface area contributed by atoms with Crippen molar-refractivity contribution in [2.75, 3.05) is 6.54 Å². The molecule has 0 heterocycles. The molecule has 0 bridgehead atoms. The number of hydrogen-bond acceptors (Lipinski definition) is 5. The number of non-ortho nitro benzene ring substituents is 1. The molecule has 96 valence electrons. The van der Waals surface area contributed by atoms with Gasteiger partial charge in [-0.05, 0) is 6.07 Å². The zero-order chi connectivity index (χ0) is 13.8. The normalized spacial score (nSPS) is 10.9. The molecule has 0 radical (unpaired) electrons. The van der Waals surface area contributed by atoms with Gasteiger partial charge in [-0.3, -0.25) is 10.1 Å². The topological polar surface area (TPSA) is 113 Å². The molecule has 1 rings (SSSR count). The molecule has 1 N–H and O–H groups in total. The van der Waals surface area contributed by atoms with E-state index in [1.807, 2.05) is 0 Å². The molecule has 0 fully saturated rings. The predicted molar refractivity (Wildman–Crippen MR) is 63.5 cm³/mol. The summed E-state index contributed by atoms with van der Waals surface area (Å²) < 4.78 is 25.6. The fraction of sp³-hybridized carbons (Fsp3) is 0.222. The number of nitriles is 1. The molecule has 0 atom stereocenters. The van der Waals surface area contributed by atoms with E-state index in [2.05, 4.69) is 4.72 Å². The van der Waals surface area contributed by atoms with Gasteiger partial charge >= 0.3 is 0 Å². The van der Waals surface area contributed by atoms with E-state index in [0.29, 0.717) is 0 Å². The second kappa shape index (κ2) is 5.77. The molecule has 1 aromatic carbocycles. The third kappa shape index (κ3) is 3.40. The van der Waals surface area contributed by atoms with Crippen molar-refractivity contribution in [2.45, 2.75) is 11.3 Å². The number of nitrogens with one attached hydrogen (secondary N) is 1. The Balaban J connectivity index is 3.03. The molecule has 0 aromatic heterocycles. The summed E-state index contributed by atoms with van der Waals surface area (Å²) in [6.45, 7) is -0.0495. The van der Waals surface area contributed by atoms with Gasteiger partial charge in [0, 0.05) is 25.1 Å². The first-order valence-corrected chi connectivity index (χ1v) is 6.55. The number of hydrogen-bond donors (Lipinski definition) is 1. The summed E-state index contributed by atoms with van der Waals surface area (Å²) in [5, 5.41) is 18.5. The Morgan fingerprint density at radius 1 is 1.50 bits per heavy atom. The number of nitrogens with zero attached hydrogens (tertiary/aromatic N) is 2. The van der Waals surface area contributed by atoms with E-state index in [-0.39, 0.29) is 28.6 Å². The van der Waals surface area contributed by atoms with Gasteiger partial charge in [-0.2, -0.15) is 5.26 Å². The van der Waals surface area contributed by atoms with E-state index in [9.17, 15) is 18.5 Å². The van der Waals surface area contributed by atoms with Gasteiger partial charge < -0.3 is 0 Å². The maximum atomic E-state index is 11.7. The number of sulfonamides is 1. The van der Waals surface area contributed by atoms with Gasteiger partial charge in [-0.1, -0.05) is 11.6 Å². The van der Waals surface area contributed by atoms with Gasteiger partial charge in [0.05, 0.1) is 16.0 Å². The Hall–Kier alpha value is -1.69. The second-order valence-corrected chi connectivity index (χ2v) is 5.32. The highest BCUT2D eigenvalue weighted by Crippen LogP contribution is 2.25. The minimum atomic E-state index is -3.86. The average molecular weight is 290 g/mol. The summed E-state index contributed by atoms with van der Waals surface area (Å²) in [7, 11) is -3.86. The van der Waals surface area contributed by atoms with E-state index < -0.39 is 14.9 Å². The highest BCUT2D eigenvalue weighted by atomic mass is 35.5. The molecule has 0 unspecified atom stereocenters. The molecule has 0 aliphatic rings. The van der Waals surface area contributed by atoms with Crippen LogP contribution in [-0.2, 0) is 10.0 Å². The maximum Gasteiger partial charge on any atom is 0.271 e. The summed E-state index contributed by atoms with van der Waals surface area (Å²) in [5.41, 5.74) is -0.295. The molecule has 18 heavy (non-hydrogen) atoms. The quantitative estimate of drug-likeness (QED) is 0.500. The van der Waals surface area contributed by atoms with Crippen LogP contribution in [0.3, 0.4) is 0 Å². The molecule has 9 heteroatoms. The van der Waals surface area contributed by atoms with Crippen molar-refractivity contribution >= 4 is 27.3 Å². The summed E-state index contributed by atoms with van der Waals surface area (Å²) in [6, 6.07) is 4.84. The number of halogens is 1. The lowest BCUT2D eigenvalue weighted by Crippen LogP contribution is -2.24. The van der Waals surface area contributed by atoms with Crippen LogP contribution in [0.2, 0.25) is 5.02 Å². The third-order valence-electron chi connectivity index (χ3n) is 1.94. The van der Waals surface area contributed by atoms with Crippen LogP contribution >= 0.6 is 11.6 Å². The smallest absolute Gasteiger partial charge is 0.258 e. The lowest BCUT2D eigenvalue weighted by atomic mass is 10.3. The van der Waals surface area contributed by atoms with Crippen LogP contribution < -0.4 is 4.72 Å². The van der Waals surface area contributed by atoms with Crippen LogP contribution in [0.15, 0.2) is 23.1 Å². The highest BCUT2D eigenvalue weighted by molar-refractivity contribution is 7.89. The van der Waals surface area contributed by atoms with Crippen LogP contribution in [0, 0.1) is 21.4 Å². The van der Waals surface area contributed by atoms with Crippen LogP contribution in [0.5, 0.6) is 0 Å². The van der Waals surface area contributed by atoms with Crippen molar-refractivity contribution in [1.82, 2.24) is 4.72 Å². The number of rotatable bonds is 5. The number of nitro benzene ring substituents is 1. The molecular weight excluding hydrogens is 282 g/mol. The van der Waals surface area contributed by atoms with Crippen molar-refractivity contribution in [3.05, 3.63) is 33.3 Å². The fourth-order valence-corrected chi connectivity index (χ4v) is 2.71. The van der Waals surface area contributed by atoms with Crippen molar-refractivity contribution in [3.8, 4) is 6.07 Å². The molecule has 1 aromatic rings. The zero-order valence-corrected chi connectivity index (χ0v) is 10.5. The molecule has 0 amide bonds. The van der Waals surface area contributed by atoms with E-state index in [4.69, 9.17) is 16.9 Å². The van der Waals surface area contributed by atoms with Crippen LogP contribution in [-0.4, -0.2) is 19.9 Å². The SMILES string of the molecule is N#CCCNS(=O)(=O)c1ccc([N+](=O)[O-])cc1Cl. The molecule has 0 spiro atoms. The fourth-order valence-electron chi connectivity index (χ4n) is 1.14. The van der Waals surface area contributed by atoms with Gasteiger partial charge in [-0.15, -0.1) is 0 Å². The summed E-state index contributed by atoms with van der Waals surface area (Å²) in [4.78, 5) is 9.54. The highest BCUT2D eigenvalue weighted by Gasteiger charge is 2.19. The first-order chi connectivity index (χ1) is 8.38. The third-order valence-corrected chi connectivity index (χ3v) is 3.89. The Labute approximate surface area is 108 Å². The first kappa shape index (κ1) is 14.4. The summed E-state index contributed by atoms with van der Waals surface area (Å²) in [5.74, 6) is 0. The van der Waals surface area contributed by atoms with Crippen LogP contribution in [0.4, 0.5) is 5.69 Å². The van der Waals surface area contributed by atoms with E-state index >= 15 is 0 Å². The molecule has 7 nitrogen and oxygen atoms in total. The zero-order valence-electron chi connectivity index (χ0n) is 8.96. The molecular formula is C9H8ClN3O4S. The van der Waals surface area contributed by atoms with Gasteiger partial charge in [0.1, 0.15) is 4.90 Å². The largest absolute Gasteiger partial charge is 0.271 e. The lowest BCUT2D eigenvalue weighted by Gasteiger charge is -2.06. The Bertz CT molecular complexity index is 609. The van der Waals surface area contributed by atoms with Crippen LogP contribution in [0.1, 0.15) is 6.42 Å². The lowest BCUT2D eigenvalue weighted by molar-refractivity contribution is -0.384. The monoisotopic (exact) mass is 289 g/mol. The first-order valence-electron chi connectivity index (χ1n) is 4.69. The minimum absolute atomic E-state index is 0.0177. The molecule has 0 aliphatic heterocycles. The predicted octanol–water partition coefficient (Wildman–Crippen LogP) is 1.44. The van der Waals surface area contributed by atoms with Crippen LogP contribution in [0.25, 0.3) is 0 Å². The summed E-state index contributed by atoms with van der Waals surface area (Å²) >= 11 is 5.68. The average Bonchev–Trinajstić information content (AvgIpc) is 2.28. The Kier molecular flexibility index (Phi) is 4.61.